The summed E-state index contributed by atoms with van der Waals surface area (Å²) in [6.07, 6.45) is 3.78. The van der Waals surface area contributed by atoms with Crippen molar-refractivity contribution in [1.82, 2.24) is 0 Å². The third kappa shape index (κ3) is 2.03. The SMILES string of the molecule is C[C@@]12C=CC(=O)C[C@@H]1[C@@H](CO)[C@@H](c1ccccc1)O2. The maximum absolute atomic E-state index is 11.6. The molecule has 0 saturated carbocycles. The number of rotatable bonds is 2. The van der Waals surface area contributed by atoms with Crippen molar-refractivity contribution in [3.05, 3.63) is 48.0 Å². The fourth-order valence-corrected chi connectivity index (χ4v) is 3.33. The molecule has 1 aromatic rings. The van der Waals surface area contributed by atoms with E-state index >= 15 is 0 Å². The average Bonchev–Trinajstić information content (AvgIpc) is 2.73. The Kier molecular flexibility index (Phi) is 3.03. The highest BCUT2D eigenvalue weighted by Crippen LogP contribution is 2.51. The largest absolute Gasteiger partial charge is 0.396 e. The molecule has 3 rings (SSSR count). The van der Waals surface area contributed by atoms with Gasteiger partial charge >= 0.3 is 0 Å². The Hall–Kier alpha value is -1.45. The quantitative estimate of drug-likeness (QED) is 0.885. The van der Waals surface area contributed by atoms with Crippen molar-refractivity contribution in [2.75, 3.05) is 6.61 Å². The molecule has 1 N–H and O–H groups in total. The summed E-state index contributed by atoms with van der Waals surface area (Å²) in [5, 5.41) is 9.72. The third-order valence-corrected chi connectivity index (χ3v) is 4.38. The second kappa shape index (κ2) is 4.58. The molecule has 0 bridgehead atoms. The van der Waals surface area contributed by atoms with Crippen molar-refractivity contribution in [3.63, 3.8) is 0 Å². The highest BCUT2D eigenvalue weighted by molar-refractivity contribution is 5.91. The summed E-state index contributed by atoms with van der Waals surface area (Å²) in [5.74, 6) is 0.153. The Morgan fingerprint density at radius 1 is 1.37 bits per heavy atom. The van der Waals surface area contributed by atoms with Gasteiger partial charge in [-0.05, 0) is 24.6 Å². The van der Waals surface area contributed by atoms with Crippen LogP contribution >= 0.6 is 0 Å². The molecule has 0 aromatic heterocycles. The minimum absolute atomic E-state index is 0.0266. The molecule has 2 aliphatic rings. The molecular weight excluding hydrogens is 240 g/mol. The van der Waals surface area contributed by atoms with Crippen LogP contribution < -0.4 is 0 Å². The molecule has 100 valence electrons. The van der Waals surface area contributed by atoms with E-state index < -0.39 is 5.60 Å². The van der Waals surface area contributed by atoms with Crippen LogP contribution in [0, 0.1) is 11.8 Å². The van der Waals surface area contributed by atoms with E-state index in [1.165, 1.54) is 0 Å². The second-order valence-electron chi connectivity index (χ2n) is 5.59. The van der Waals surface area contributed by atoms with E-state index in [1.54, 1.807) is 6.08 Å². The van der Waals surface area contributed by atoms with E-state index in [0.717, 1.165) is 5.56 Å². The first-order valence-corrected chi connectivity index (χ1v) is 6.70. The van der Waals surface area contributed by atoms with Gasteiger partial charge in [-0.15, -0.1) is 0 Å². The predicted molar refractivity (Wildman–Crippen MR) is 71.5 cm³/mol. The van der Waals surface area contributed by atoms with E-state index in [-0.39, 0.29) is 30.3 Å². The fourth-order valence-electron chi connectivity index (χ4n) is 3.33. The lowest BCUT2D eigenvalue weighted by Crippen LogP contribution is -2.36. The minimum atomic E-state index is -0.443. The molecule has 1 aliphatic carbocycles. The number of aliphatic hydroxyl groups is 1. The van der Waals surface area contributed by atoms with Gasteiger partial charge in [0.2, 0.25) is 0 Å². The Labute approximate surface area is 112 Å². The second-order valence-corrected chi connectivity index (χ2v) is 5.59. The van der Waals surface area contributed by atoms with Gasteiger partial charge in [0.1, 0.15) is 0 Å². The lowest BCUT2D eigenvalue weighted by molar-refractivity contribution is -0.118. The zero-order chi connectivity index (χ0) is 13.5. The number of ether oxygens (including phenoxy) is 1. The van der Waals surface area contributed by atoms with Gasteiger partial charge in [-0.3, -0.25) is 4.79 Å². The standard InChI is InChI=1S/C16H18O3/c1-16-8-7-12(18)9-14(16)13(10-17)15(19-16)11-5-3-2-4-6-11/h2-8,13-15,17H,9-10H2,1H3/t13-,14-,15-,16-/m1/s1. The summed E-state index contributed by atoms with van der Waals surface area (Å²) in [4.78, 5) is 11.6. The number of allylic oxidation sites excluding steroid dienone is 1. The van der Waals surface area contributed by atoms with Crippen LogP contribution in [0.5, 0.6) is 0 Å². The number of carbonyl (C=O) groups is 1. The summed E-state index contributed by atoms with van der Waals surface area (Å²) in [6, 6.07) is 9.93. The molecular formula is C16H18O3. The highest BCUT2D eigenvalue weighted by Gasteiger charge is 2.52. The van der Waals surface area contributed by atoms with Gasteiger partial charge in [0.25, 0.3) is 0 Å². The van der Waals surface area contributed by atoms with Crippen molar-refractivity contribution >= 4 is 5.78 Å². The van der Waals surface area contributed by atoms with E-state index in [2.05, 4.69) is 0 Å². The molecule has 1 aliphatic heterocycles. The molecule has 0 spiro atoms. The zero-order valence-electron chi connectivity index (χ0n) is 11.0. The molecule has 4 atom stereocenters. The molecule has 19 heavy (non-hydrogen) atoms. The molecule has 1 saturated heterocycles. The lowest BCUT2D eigenvalue weighted by Gasteiger charge is -2.31. The minimum Gasteiger partial charge on any atom is -0.396 e. The first-order chi connectivity index (χ1) is 9.14. The van der Waals surface area contributed by atoms with Crippen LogP contribution in [0.1, 0.15) is 25.0 Å². The summed E-state index contributed by atoms with van der Waals surface area (Å²) in [7, 11) is 0. The topological polar surface area (TPSA) is 46.5 Å². The summed E-state index contributed by atoms with van der Waals surface area (Å²) < 4.78 is 6.19. The Morgan fingerprint density at radius 3 is 2.79 bits per heavy atom. The first-order valence-electron chi connectivity index (χ1n) is 6.70. The van der Waals surface area contributed by atoms with Gasteiger partial charge in [-0.25, -0.2) is 0 Å². The Balaban J connectivity index is 1.97. The van der Waals surface area contributed by atoms with Crippen molar-refractivity contribution < 1.29 is 14.6 Å². The fraction of sp³-hybridized carbons (Fsp3) is 0.438. The van der Waals surface area contributed by atoms with Crippen LogP contribution in [0.4, 0.5) is 0 Å². The Morgan fingerprint density at radius 2 is 2.11 bits per heavy atom. The average molecular weight is 258 g/mol. The van der Waals surface area contributed by atoms with Gasteiger partial charge in [0.05, 0.1) is 11.7 Å². The number of carbonyl (C=O) groups excluding carboxylic acids is 1. The summed E-state index contributed by atoms with van der Waals surface area (Å²) in [5.41, 5.74) is 0.625. The first kappa shape index (κ1) is 12.6. The summed E-state index contributed by atoms with van der Waals surface area (Å²) in [6.45, 7) is 2.05. The Bertz CT molecular complexity index is 508. The van der Waals surface area contributed by atoms with Gasteiger partial charge in [-0.1, -0.05) is 30.3 Å². The van der Waals surface area contributed by atoms with Crippen LogP contribution in [0.15, 0.2) is 42.5 Å². The van der Waals surface area contributed by atoms with Crippen molar-refractivity contribution in [2.45, 2.75) is 25.0 Å². The van der Waals surface area contributed by atoms with E-state index in [0.29, 0.717) is 6.42 Å². The number of hydrogen-bond donors (Lipinski definition) is 1. The molecule has 0 amide bonds. The third-order valence-electron chi connectivity index (χ3n) is 4.38. The molecule has 0 unspecified atom stereocenters. The number of fused-ring (bicyclic) bond motifs is 1. The monoisotopic (exact) mass is 258 g/mol. The van der Waals surface area contributed by atoms with Crippen LogP contribution in [-0.2, 0) is 9.53 Å². The normalized spacial score (nSPS) is 37.4. The van der Waals surface area contributed by atoms with Crippen LogP contribution in [0.25, 0.3) is 0 Å². The number of hydrogen-bond acceptors (Lipinski definition) is 3. The van der Waals surface area contributed by atoms with E-state index in [4.69, 9.17) is 4.74 Å². The van der Waals surface area contributed by atoms with Crippen LogP contribution in [0.3, 0.4) is 0 Å². The number of aliphatic hydroxyl groups excluding tert-OH is 1. The maximum atomic E-state index is 11.6. The van der Waals surface area contributed by atoms with Crippen molar-refractivity contribution in [2.24, 2.45) is 11.8 Å². The van der Waals surface area contributed by atoms with E-state index in [9.17, 15) is 9.90 Å². The molecule has 1 heterocycles. The van der Waals surface area contributed by atoms with Crippen LogP contribution in [-0.4, -0.2) is 23.1 Å². The maximum Gasteiger partial charge on any atom is 0.155 e. The number of benzene rings is 1. The van der Waals surface area contributed by atoms with Gasteiger partial charge in [0.15, 0.2) is 5.78 Å². The van der Waals surface area contributed by atoms with Crippen LogP contribution in [0.2, 0.25) is 0 Å². The highest BCUT2D eigenvalue weighted by atomic mass is 16.5. The van der Waals surface area contributed by atoms with Gasteiger partial charge < -0.3 is 9.84 Å². The predicted octanol–water partition coefficient (Wildman–Crippen LogP) is 2.27. The van der Waals surface area contributed by atoms with Crippen molar-refractivity contribution in [1.29, 1.82) is 0 Å². The van der Waals surface area contributed by atoms with E-state index in [1.807, 2.05) is 43.3 Å². The molecule has 3 heteroatoms. The zero-order valence-corrected chi connectivity index (χ0v) is 11.0. The smallest absolute Gasteiger partial charge is 0.155 e. The summed E-state index contributed by atoms with van der Waals surface area (Å²) >= 11 is 0. The molecule has 0 radical (unpaired) electrons. The number of ketones is 1. The molecule has 1 aromatic carbocycles. The van der Waals surface area contributed by atoms with Crippen molar-refractivity contribution in [3.8, 4) is 0 Å². The lowest BCUT2D eigenvalue weighted by atomic mass is 9.74. The van der Waals surface area contributed by atoms with Gasteiger partial charge in [0, 0.05) is 24.9 Å². The molecule has 3 nitrogen and oxygen atoms in total. The van der Waals surface area contributed by atoms with Gasteiger partial charge in [-0.2, -0.15) is 0 Å². The molecule has 1 fully saturated rings.